The maximum Gasteiger partial charge on any atom is 0.0802 e. The van der Waals surface area contributed by atoms with E-state index >= 15 is 0 Å². The highest BCUT2D eigenvalue weighted by Crippen LogP contribution is 2.18. The number of aryl methyl sites for hydroxylation is 1. The normalized spacial score (nSPS) is 13.4. The van der Waals surface area contributed by atoms with Gasteiger partial charge in [-0.2, -0.15) is 0 Å². The number of benzene rings is 1. The molecule has 1 rings (SSSR count). The van der Waals surface area contributed by atoms with Gasteiger partial charge in [0.05, 0.1) is 6.10 Å². The molecule has 0 amide bonds. The van der Waals surface area contributed by atoms with Gasteiger partial charge < -0.3 is 10.0 Å². The second-order valence-corrected chi connectivity index (χ2v) is 6.76. The van der Waals surface area contributed by atoms with E-state index in [0.717, 1.165) is 31.6 Å². The van der Waals surface area contributed by atoms with Crippen molar-refractivity contribution in [2.45, 2.75) is 47.1 Å². The lowest BCUT2D eigenvalue weighted by atomic mass is 10.0. The Morgan fingerprint density at radius 2 is 1.45 bits per heavy atom. The van der Waals surface area contributed by atoms with Gasteiger partial charge in [0.1, 0.15) is 0 Å². The average Bonchev–Trinajstić information content (AvgIpc) is 2.35. The van der Waals surface area contributed by atoms with Crippen molar-refractivity contribution in [3.8, 4) is 0 Å². The molecule has 1 aromatic carbocycles. The third-order valence-corrected chi connectivity index (χ3v) is 3.43. The fraction of sp³-hybridized carbons (Fsp3) is 0.667. The lowest BCUT2D eigenvalue weighted by Gasteiger charge is -2.27. The summed E-state index contributed by atoms with van der Waals surface area (Å²) in [4.78, 5) is 2.48. The molecule has 1 N–H and O–H groups in total. The van der Waals surface area contributed by atoms with E-state index < -0.39 is 0 Å². The van der Waals surface area contributed by atoms with E-state index in [2.05, 4.69) is 51.7 Å². The summed E-state index contributed by atoms with van der Waals surface area (Å²) in [5.74, 6) is 1.34. The number of aliphatic hydroxyl groups excluding tert-OH is 1. The molecule has 0 heterocycles. The molecule has 0 aliphatic carbocycles. The molecule has 1 unspecified atom stereocenters. The highest BCUT2D eigenvalue weighted by molar-refractivity contribution is 5.22. The van der Waals surface area contributed by atoms with Gasteiger partial charge in [-0.3, -0.25) is 0 Å². The Labute approximate surface area is 124 Å². The fourth-order valence-corrected chi connectivity index (χ4v) is 2.55. The van der Waals surface area contributed by atoms with Gasteiger partial charge >= 0.3 is 0 Å². The van der Waals surface area contributed by atoms with Gasteiger partial charge in [0.15, 0.2) is 0 Å². The minimum absolute atomic E-state index is 0.350. The van der Waals surface area contributed by atoms with Gasteiger partial charge in [-0.25, -0.2) is 0 Å². The van der Waals surface area contributed by atoms with Gasteiger partial charge in [-0.1, -0.05) is 57.5 Å². The van der Waals surface area contributed by atoms with Crippen molar-refractivity contribution in [2.24, 2.45) is 11.8 Å². The van der Waals surface area contributed by atoms with E-state index in [1.165, 1.54) is 5.56 Å². The molecular weight excluding hydrogens is 246 g/mol. The Hall–Kier alpha value is -0.860. The van der Waals surface area contributed by atoms with Crippen molar-refractivity contribution >= 4 is 0 Å². The first-order chi connectivity index (χ1) is 9.38. The Morgan fingerprint density at radius 3 is 1.90 bits per heavy atom. The van der Waals surface area contributed by atoms with Crippen molar-refractivity contribution in [1.29, 1.82) is 0 Å². The first kappa shape index (κ1) is 17.2. The van der Waals surface area contributed by atoms with Crippen LogP contribution in [0.4, 0.5) is 0 Å². The molecule has 0 bridgehead atoms. The van der Waals surface area contributed by atoms with Crippen molar-refractivity contribution < 1.29 is 5.11 Å². The quantitative estimate of drug-likeness (QED) is 0.775. The minimum Gasteiger partial charge on any atom is -0.388 e. The predicted octanol–water partition coefficient (Wildman–Crippen LogP) is 4.03. The zero-order valence-corrected chi connectivity index (χ0v) is 13.8. The van der Waals surface area contributed by atoms with Gasteiger partial charge in [-0.05, 0) is 30.7 Å². The molecule has 1 aromatic rings. The van der Waals surface area contributed by atoms with Crippen LogP contribution < -0.4 is 0 Å². The Morgan fingerprint density at radius 1 is 0.950 bits per heavy atom. The fourth-order valence-electron chi connectivity index (χ4n) is 2.55. The molecule has 0 radical (unpaired) electrons. The van der Waals surface area contributed by atoms with Gasteiger partial charge in [0.2, 0.25) is 0 Å². The monoisotopic (exact) mass is 277 g/mol. The van der Waals surface area contributed by atoms with Gasteiger partial charge in [0.25, 0.3) is 0 Å². The zero-order valence-electron chi connectivity index (χ0n) is 13.8. The molecule has 0 aromatic heterocycles. The maximum absolute atomic E-state index is 10.3. The lowest BCUT2D eigenvalue weighted by Crippen LogP contribution is -2.33. The molecule has 114 valence electrons. The molecule has 2 nitrogen and oxygen atoms in total. The average molecular weight is 277 g/mol. The van der Waals surface area contributed by atoms with Crippen molar-refractivity contribution in [1.82, 2.24) is 4.90 Å². The third kappa shape index (κ3) is 6.53. The van der Waals surface area contributed by atoms with Gasteiger partial charge in [0, 0.05) is 19.6 Å². The van der Waals surface area contributed by atoms with Crippen LogP contribution in [0.25, 0.3) is 0 Å². The molecule has 20 heavy (non-hydrogen) atoms. The zero-order chi connectivity index (χ0) is 15.1. The van der Waals surface area contributed by atoms with Crippen molar-refractivity contribution in [2.75, 3.05) is 19.6 Å². The summed E-state index contributed by atoms with van der Waals surface area (Å²) in [6, 6.07) is 8.21. The van der Waals surface area contributed by atoms with Crippen molar-refractivity contribution in [3.05, 3.63) is 35.4 Å². The number of hydrogen-bond acceptors (Lipinski definition) is 2. The van der Waals surface area contributed by atoms with Crippen LogP contribution in [0, 0.1) is 18.8 Å². The summed E-state index contributed by atoms with van der Waals surface area (Å²) < 4.78 is 0. The second kappa shape index (κ2) is 8.43. The van der Waals surface area contributed by atoms with E-state index in [9.17, 15) is 5.11 Å². The summed E-state index contributed by atoms with van der Waals surface area (Å²) in [5.41, 5.74) is 2.27. The highest BCUT2D eigenvalue weighted by atomic mass is 16.3. The van der Waals surface area contributed by atoms with Crippen LogP contribution in [-0.2, 0) is 0 Å². The summed E-state index contributed by atoms with van der Waals surface area (Å²) in [6.45, 7) is 14.3. The number of nitrogens with zero attached hydrogens (tertiary/aromatic N) is 1. The van der Waals surface area contributed by atoms with Crippen LogP contribution in [-0.4, -0.2) is 29.6 Å². The largest absolute Gasteiger partial charge is 0.388 e. The summed E-state index contributed by atoms with van der Waals surface area (Å²) in [6.07, 6.45) is 0.458. The van der Waals surface area contributed by atoms with Crippen LogP contribution in [0.1, 0.15) is 51.3 Å². The van der Waals surface area contributed by atoms with Crippen molar-refractivity contribution in [3.63, 3.8) is 0 Å². The summed E-state index contributed by atoms with van der Waals surface area (Å²) >= 11 is 0. The van der Waals surface area contributed by atoms with E-state index in [1.807, 2.05) is 12.1 Å². The molecule has 0 fully saturated rings. The third-order valence-electron chi connectivity index (χ3n) is 3.43. The lowest BCUT2D eigenvalue weighted by molar-refractivity contribution is 0.131. The first-order valence-corrected chi connectivity index (χ1v) is 7.85. The molecule has 0 saturated heterocycles. The number of aliphatic hydroxyl groups is 1. The standard InChI is InChI=1S/C18H31NO/c1-14(2)12-19(13-15(3)4)11-10-18(20)17-8-6-16(5)7-9-17/h6-9,14-15,18,20H,10-13H2,1-5H3. The first-order valence-electron chi connectivity index (χ1n) is 7.85. The SMILES string of the molecule is Cc1ccc(C(O)CCN(CC(C)C)CC(C)C)cc1. The van der Waals surface area contributed by atoms with Crippen LogP contribution in [0.3, 0.4) is 0 Å². The summed E-state index contributed by atoms with van der Waals surface area (Å²) in [7, 11) is 0. The number of hydrogen-bond donors (Lipinski definition) is 1. The highest BCUT2D eigenvalue weighted by Gasteiger charge is 2.13. The predicted molar refractivity (Wildman–Crippen MR) is 86.9 cm³/mol. The van der Waals surface area contributed by atoms with Crippen LogP contribution in [0.5, 0.6) is 0 Å². The maximum atomic E-state index is 10.3. The van der Waals surface area contributed by atoms with E-state index in [4.69, 9.17) is 0 Å². The molecule has 0 aliphatic rings. The number of rotatable bonds is 8. The van der Waals surface area contributed by atoms with E-state index in [1.54, 1.807) is 0 Å². The molecule has 1 atom stereocenters. The second-order valence-electron chi connectivity index (χ2n) is 6.76. The van der Waals surface area contributed by atoms with E-state index in [0.29, 0.717) is 11.8 Å². The van der Waals surface area contributed by atoms with Crippen LogP contribution in [0.15, 0.2) is 24.3 Å². The molecule has 0 saturated carbocycles. The Bertz CT molecular complexity index is 360. The molecule has 0 spiro atoms. The smallest absolute Gasteiger partial charge is 0.0802 e. The van der Waals surface area contributed by atoms with E-state index in [-0.39, 0.29) is 6.10 Å². The van der Waals surface area contributed by atoms with Crippen LogP contribution >= 0.6 is 0 Å². The van der Waals surface area contributed by atoms with Crippen LogP contribution in [0.2, 0.25) is 0 Å². The molecule has 0 aliphatic heterocycles. The minimum atomic E-state index is -0.350. The molecule has 2 heteroatoms. The topological polar surface area (TPSA) is 23.5 Å². The summed E-state index contributed by atoms with van der Waals surface area (Å²) in [5, 5.41) is 10.3. The van der Waals surface area contributed by atoms with Gasteiger partial charge in [-0.15, -0.1) is 0 Å². The Balaban J connectivity index is 2.50. The molecular formula is C18H31NO. The Kier molecular flexibility index (Phi) is 7.25.